The van der Waals surface area contributed by atoms with E-state index in [9.17, 15) is 4.79 Å². The summed E-state index contributed by atoms with van der Waals surface area (Å²) >= 11 is 0. The van der Waals surface area contributed by atoms with E-state index in [2.05, 4.69) is 11.0 Å². The minimum Gasteiger partial charge on any atom is -0.465 e. The molecule has 96 valence electrons. The molecule has 0 spiro atoms. The topological polar surface area (TPSA) is 53.3 Å². The predicted molar refractivity (Wildman–Crippen MR) is 65.2 cm³/mol. The molecule has 4 heteroatoms. The standard InChI is InChI=1S/C13H22N2O2/c1-4-17-12(16)11-6-5-8-15(11)9-7-13(2,3)10-14/h11H,4-9H2,1-3H3. The molecule has 1 heterocycles. The first kappa shape index (κ1) is 14.0. The fraction of sp³-hybridized carbons (Fsp3) is 0.846. The Morgan fingerprint density at radius 1 is 1.59 bits per heavy atom. The Labute approximate surface area is 104 Å². The van der Waals surface area contributed by atoms with Crippen LogP contribution in [0.2, 0.25) is 0 Å². The van der Waals surface area contributed by atoms with Crippen LogP contribution < -0.4 is 0 Å². The second-order valence-corrected chi connectivity index (χ2v) is 5.19. The van der Waals surface area contributed by atoms with Crippen molar-refractivity contribution in [2.24, 2.45) is 5.41 Å². The van der Waals surface area contributed by atoms with E-state index in [1.165, 1.54) is 0 Å². The van der Waals surface area contributed by atoms with E-state index in [1.54, 1.807) is 0 Å². The molecule has 0 radical (unpaired) electrons. The molecule has 1 aliphatic heterocycles. The van der Waals surface area contributed by atoms with Gasteiger partial charge in [0.15, 0.2) is 0 Å². The Hall–Kier alpha value is -1.08. The van der Waals surface area contributed by atoms with Crippen molar-refractivity contribution in [3.8, 4) is 6.07 Å². The number of ether oxygens (including phenoxy) is 1. The van der Waals surface area contributed by atoms with Gasteiger partial charge in [0.2, 0.25) is 0 Å². The molecule has 0 saturated carbocycles. The average molecular weight is 238 g/mol. The third-order valence-corrected chi connectivity index (χ3v) is 3.25. The molecule has 0 aromatic rings. The fourth-order valence-electron chi connectivity index (χ4n) is 2.08. The van der Waals surface area contributed by atoms with Crippen molar-refractivity contribution in [1.82, 2.24) is 4.90 Å². The van der Waals surface area contributed by atoms with Crippen LogP contribution in [0, 0.1) is 16.7 Å². The van der Waals surface area contributed by atoms with E-state index >= 15 is 0 Å². The van der Waals surface area contributed by atoms with Crippen LogP contribution in [0.3, 0.4) is 0 Å². The summed E-state index contributed by atoms with van der Waals surface area (Å²) in [5.41, 5.74) is -0.318. The molecule has 0 aliphatic carbocycles. The van der Waals surface area contributed by atoms with Gasteiger partial charge in [-0.25, -0.2) is 0 Å². The van der Waals surface area contributed by atoms with Gasteiger partial charge in [0.1, 0.15) is 6.04 Å². The quantitative estimate of drug-likeness (QED) is 0.687. The molecular weight excluding hydrogens is 216 g/mol. The monoisotopic (exact) mass is 238 g/mol. The summed E-state index contributed by atoms with van der Waals surface area (Å²) in [7, 11) is 0. The largest absolute Gasteiger partial charge is 0.465 e. The van der Waals surface area contributed by atoms with E-state index in [4.69, 9.17) is 10.00 Å². The van der Waals surface area contributed by atoms with Crippen LogP contribution in [0.1, 0.15) is 40.0 Å². The first-order valence-electron chi connectivity index (χ1n) is 6.32. The first-order valence-corrected chi connectivity index (χ1v) is 6.32. The fourth-order valence-corrected chi connectivity index (χ4v) is 2.08. The summed E-state index contributed by atoms with van der Waals surface area (Å²) in [5.74, 6) is -0.111. The Morgan fingerprint density at radius 3 is 2.88 bits per heavy atom. The molecule has 1 atom stereocenters. The Balaban J connectivity index is 2.48. The van der Waals surface area contributed by atoms with Gasteiger partial charge in [-0.1, -0.05) is 0 Å². The lowest BCUT2D eigenvalue weighted by molar-refractivity contribution is -0.148. The highest BCUT2D eigenvalue weighted by Crippen LogP contribution is 2.24. The van der Waals surface area contributed by atoms with E-state index in [0.717, 1.165) is 32.4 Å². The Bertz CT molecular complexity index is 307. The molecule has 0 bridgehead atoms. The van der Waals surface area contributed by atoms with Crippen LogP contribution in [0.5, 0.6) is 0 Å². The smallest absolute Gasteiger partial charge is 0.323 e. The van der Waals surface area contributed by atoms with Crippen LogP contribution in [-0.4, -0.2) is 36.6 Å². The SMILES string of the molecule is CCOC(=O)C1CCCN1CCC(C)(C)C#N. The highest BCUT2D eigenvalue weighted by molar-refractivity contribution is 5.76. The Morgan fingerprint density at radius 2 is 2.29 bits per heavy atom. The molecule has 0 N–H and O–H groups in total. The van der Waals surface area contributed by atoms with Gasteiger partial charge < -0.3 is 4.74 Å². The van der Waals surface area contributed by atoms with Gasteiger partial charge >= 0.3 is 5.97 Å². The van der Waals surface area contributed by atoms with Crippen molar-refractivity contribution < 1.29 is 9.53 Å². The zero-order valence-electron chi connectivity index (χ0n) is 11.0. The van der Waals surface area contributed by atoms with Gasteiger partial charge in [-0.3, -0.25) is 9.69 Å². The maximum Gasteiger partial charge on any atom is 0.323 e. The van der Waals surface area contributed by atoms with Crippen molar-refractivity contribution in [2.45, 2.75) is 46.1 Å². The lowest BCUT2D eigenvalue weighted by Crippen LogP contribution is -2.39. The average Bonchev–Trinajstić information content (AvgIpc) is 2.75. The summed E-state index contributed by atoms with van der Waals surface area (Å²) in [6, 6.07) is 2.20. The molecule has 1 saturated heterocycles. The minimum atomic E-state index is -0.318. The molecule has 0 aromatic carbocycles. The van der Waals surface area contributed by atoms with Gasteiger partial charge in [0.25, 0.3) is 0 Å². The molecule has 0 amide bonds. The summed E-state index contributed by atoms with van der Waals surface area (Å²) in [5, 5.41) is 8.97. The van der Waals surface area contributed by atoms with E-state index in [1.807, 2.05) is 20.8 Å². The second-order valence-electron chi connectivity index (χ2n) is 5.19. The molecule has 1 fully saturated rings. The summed E-state index contributed by atoms with van der Waals surface area (Å²) in [6.45, 7) is 7.86. The number of nitrogens with zero attached hydrogens (tertiary/aromatic N) is 2. The Kier molecular flexibility index (Phi) is 4.95. The molecular formula is C13H22N2O2. The van der Waals surface area contributed by atoms with Crippen molar-refractivity contribution in [2.75, 3.05) is 19.7 Å². The molecule has 0 aromatic heterocycles. The van der Waals surface area contributed by atoms with Crippen molar-refractivity contribution in [1.29, 1.82) is 5.26 Å². The van der Waals surface area contributed by atoms with E-state index in [-0.39, 0.29) is 17.4 Å². The van der Waals surface area contributed by atoms with Gasteiger partial charge in [-0.2, -0.15) is 5.26 Å². The van der Waals surface area contributed by atoms with Gasteiger partial charge in [0.05, 0.1) is 18.1 Å². The molecule has 17 heavy (non-hydrogen) atoms. The first-order chi connectivity index (χ1) is 8.00. The number of esters is 1. The zero-order valence-corrected chi connectivity index (χ0v) is 11.0. The maximum atomic E-state index is 11.7. The molecule has 1 unspecified atom stereocenters. The second kappa shape index (κ2) is 6.02. The van der Waals surface area contributed by atoms with Gasteiger partial charge in [-0.05, 0) is 46.6 Å². The lowest BCUT2D eigenvalue weighted by Gasteiger charge is -2.25. The van der Waals surface area contributed by atoms with Crippen LogP contribution in [-0.2, 0) is 9.53 Å². The van der Waals surface area contributed by atoms with Crippen LogP contribution >= 0.6 is 0 Å². The number of rotatable bonds is 5. The van der Waals surface area contributed by atoms with Crippen molar-refractivity contribution in [3.63, 3.8) is 0 Å². The summed E-state index contributed by atoms with van der Waals surface area (Å²) < 4.78 is 5.07. The number of nitriles is 1. The normalized spacial score (nSPS) is 21.2. The highest BCUT2D eigenvalue weighted by Gasteiger charge is 2.32. The van der Waals surface area contributed by atoms with Crippen molar-refractivity contribution in [3.05, 3.63) is 0 Å². The minimum absolute atomic E-state index is 0.0931. The van der Waals surface area contributed by atoms with Crippen LogP contribution in [0.25, 0.3) is 0 Å². The summed E-state index contributed by atoms with van der Waals surface area (Å²) in [4.78, 5) is 13.9. The van der Waals surface area contributed by atoms with Crippen LogP contribution in [0.15, 0.2) is 0 Å². The number of likely N-dealkylation sites (tertiary alicyclic amines) is 1. The number of hydrogen-bond acceptors (Lipinski definition) is 4. The van der Waals surface area contributed by atoms with Crippen molar-refractivity contribution >= 4 is 5.97 Å². The third-order valence-electron chi connectivity index (χ3n) is 3.25. The molecule has 1 aliphatic rings. The summed E-state index contributed by atoms with van der Waals surface area (Å²) in [6.07, 6.45) is 2.71. The molecule has 4 nitrogen and oxygen atoms in total. The van der Waals surface area contributed by atoms with E-state index < -0.39 is 0 Å². The lowest BCUT2D eigenvalue weighted by atomic mass is 9.91. The zero-order chi connectivity index (χ0) is 12.9. The maximum absolute atomic E-state index is 11.7. The number of carbonyl (C=O) groups is 1. The molecule has 1 rings (SSSR count). The van der Waals surface area contributed by atoms with Gasteiger partial charge in [0, 0.05) is 6.54 Å². The van der Waals surface area contributed by atoms with Gasteiger partial charge in [-0.15, -0.1) is 0 Å². The van der Waals surface area contributed by atoms with Crippen LogP contribution in [0.4, 0.5) is 0 Å². The third kappa shape index (κ3) is 4.01. The number of carbonyl (C=O) groups excluding carboxylic acids is 1. The predicted octanol–water partition coefficient (Wildman–Crippen LogP) is 1.95. The highest BCUT2D eigenvalue weighted by atomic mass is 16.5. The number of hydrogen-bond donors (Lipinski definition) is 0. The van der Waals surface area contributed by atoms with E-state index in [0.29, 0.717) is 6.61 Å².